The number of halogens is 3. The van der Waals surface area contributed by atoms with Crippen LogP contribution >= 0.6 is 0 Å². The first kappa shape index (κ1) is 23.3. The number of carbonyl (C=O) groups is 3. The second-order valence-electron chi connectivity index (χ2n) is 6.59. The lowest BCUT2D eigenvalue weighted by atomic mass is 10.2. The van der Waals surface area contributed by atoms with E-state index in [9.17, 15) is 27.6 Å². The summed E-state index contributed by atoms with van der Waals surface area (Å²) < 4.78 is 47.3. The second-order valence-corrected chi connectivity index (χ2v) is 6.59. The molecule has 0 aliphatic rings. The average Bonchev–Trinajstić information content (AvgIpc) is 2.79. The van der Waals surface area contributed by atoms with Crippen molar-refractivity contribution in [1.29, 1.82) is 0 Å². The molecule has 0 aromatic heterocycles. The summed E-state index contributed by atoms with van der Waals surface area (Å²) in [5, 5.41) is 4.21. The van der Waals surface area contributed by atoms with Crippen LogP contribution in [0.4, 0.5) is 24.5 Å². The maximum Gasteiger partial charge on any atom is 0.471 e. The third kappa shape index (κ3) is 7.10. The van der Waals surface area contributed by atoms with Crippen LogP contribution in [0.2, 0.25) is 0 Å². The number of hydrogen-bond acceptors (Lipinski definition) is 5. The zero-order valence-electron chi connectivity index (χ0n) is 16.9. The van der Waals surface area contributed by atoms with Gasteiger partial charge in [0.05, 0.1) is 5.56 Å². The quantitative estimate of drug-likeness (QED) is 0.498. The molecule has 0 fully saturated rings. The van der Waals surface area contributed by atoms with Crippen LogP contribution in [-0.2, 0) is 14.3 Å². The number of benzene rings is 3. The first-order chi connectivity index (χ1) is 15.7. The molecule has 3 aromatic rings. The van der Waals surface area contributed by atoms with E-state index in [4.69, 9.17) is 9.47 Å². The van der Waals surface area contributed by atoms with E-state index in [0.717, 1.165) is 24.3 Å². The lowest BCUT2D eigenvalue weighted by Crippen LogP contribution is -2.29. The van der Waals surface area contributed by atoms with Crippen molar-refractivity contribution in [1.82, 2.24) is 0 Å². The van der Waals surface area contributed by atoms with Gasteiger partial charge >= 0.3 is 18.1 Å². The van der Waals surface area contributed by atoms with Gasteiger partial charge in [-0.3, -0.25) is 9.59 Å². The highest BCUT2D eigenvalue weighted by Crippen LogP contribution is 2.23. The van der Waals surface area contributed by atoms with Crippen molar-refractivity contribution < 1.29 is 37.0 Å². The van der Waals surface area contributed by atoms with Crippen molar-refractivity contribution in [2.45, 2.75) is 6.18 Å². The minimum atomic E-state index is -5.03. The van der Waals surface area contributed by atoms with Crippen molar-refractivity contribution in [3.05, 3.63) is 84.4 Å². The van der Waals surface area contributed by atoms with E-state index in [1.807, 2.05) is 18.2 Å². The summed E-state index contributed by atoms with van der Waals surface area (Å²) in [7, 11) is 0. The highest BCUT2D eigenvalue weighted by molar-refractivity contribution is 5.97. The fraction of sp³-hybridized carbons (Fsp3) is 0.0870. The van der Waals surface area contributed by atoms with E-state index in [0.29, 0.717) is 17.2 Å². The second kappa shape index (κ2) is 10.3. The topological polar surface area (TPSA) is 93.7 Å². The normalized spacial score (nSPS) is 10.8. The average molecular weight is 458 g/mol. The standard InChI is InChI=1S/C23H17F3N2O5/c24-23(25,26)22(31)28-17-8-6-15(7-9-17)21(30)32-14-20(29)27-16-10-12-19(13-11-16)33-18-4-2-1-3-5-18/h1-13H,14H2,(H,27,29)(H,28,31). The monoisotopic (exact) mass is 458 g/mol. The van der Waals surface area contributed by atoms with E-state index >= 15 is 0 Å². The van der Waals surface area contributed by atoms with Crippen molar-refractivity contribution in [2.75, 3.05) is 17.2 Å². The van der Waals surface area contributed by atoms with Crippen LogP contribution < -0.4 is 15.4 Å². The minimum absolute atomic E-state index is 0.00442. The first-order valence-corrected chi connectivity index (χ1v) is 9.49. The molecule has 0 bridgehead atoms. The zero-order valence-corrected chi connectivity index (χ0v) is 16.9. The molecule has 3 rings (SSSR count). The van der Waals surface area contributed by atoms with Crippen LogP contribution in [0.5, 0.6) is 11.5 Å². The molecule has 2 N–H and O–H groups in total. The summed E-state index contributed by atoms with van der Waals surface area (Å²) in [5.41, 5.74) is 0.308. The number of para-hydroxylation sites is 1. The number of carbonyl (C=O) groups excluding carboxylic acids is 3. The van der Waals surface area contributed by atoms with Gasteiger partial charge in [-0.05, 0) is 60.7 Å². The predicted molar refractivity (Wildman–Crippen MR) is 113 cm³/mol. The van der Waals surface area contributed by atoms with Crippen molar-refractivity contribution in [3.63, 3.8) is 0 Å². The number of esters is 1. The molecular formula is C23H17F3N2O5. The minimum Gasteiger partial charge on any atom is -0.457 e. The number of nitrogens with one attached hydrogen (secondary N) is 2. The van der Waals surface area contributed by atoms with E-state index in [2.05, 4.69) is 5.32 Å². The lowest BCUT2D eigenvalue weighted by molar-refractivity contribution is -0.167. The third-order valence-corrected chi connectivity index (χ3v) is 4.09. The fourth-order valence-corrected chi connectivity index (χ4v) is 2.53. The number of hydrogen-bond donors (Lipinski definition) is 2. The van der Waals surface area contributed by atoms with Gasteiger partial charge in [-0.15, -0.1) is 0 Å². The molecule has 0 aliphatic carbocycles. The van der Waals surface area contributed by atoms with E-state index in [1.165, 1.54) is 0 Å². The Balaban J connectivity index is 1.46. The Morgan fingerprint density at radius 1 is 0.727 bits per heavy atom. The third-order valence-electron chi connectivity index (χ3n) is 4.09. The Labute approximate surface area is 186 Å². The Morgan fingerprint density at radius 2 is 1.27 bits per heavy atom. The molecule has 0 heterocycles. The smallest absolute Gasteiger partial charge is 0.457 e. The summed E-state index contributed by atoms with van der Waals surface area (Å²) in [6.07, 6.45) is -5.03. The molecule has 10 heteroatoms. The summed E-state index contributed by atoms with van der Waals surface area (Å²) in [6.45, 7) is -0.576. The van der Waals surface area contributed by atoms with Gasteiger partial charge in [0, 0.05) is 11.4 Å². The molecule has 0 spiro atoms. The van der Waals surface area contributed by atoms with Gasteiger partial charge in [-0.25, -0.2) is 4.79 Å². The molecule has 170 valence electrons. The molecule has 0 saturated carbocycles. The fourth-order valence-electron chi connectivity index (χ4n) is 2.53. The van der Waals surface area contributed by atoms with Crippen molar-refractivity contribution >= 4 is 29.2 Å². The molecule has 0 unspecified atom stereocenters. The molecule has 3 aromatic carbocycles. The zero-order chi connectivity index (χ0) is 23.8. The van der Waals surface area contributed by atoms with Crippen LogP contribution in [0.3, 0.4) is 0 Å². The first-order valence-electron chi connectivity index (χ1n) is 9.49. The number of anilines is 2. The van der Waals surface area contributed by atoms with Gasteiger partial charge in [-0.2, -0.15) is 13.2 Å². The number of amides is 2. The number of ether oxygens (including phenoxy) is 2. The summed E-state index contributed by atoms with van der Waals surface area (Å²) in [5.74, 6) is -2.34. The summed E-state index contributed by atoms with van der Waals surface area (Å²) in [4.78, 5) is 34.9. The van der Waals surface area contributed by atoms with E-state index in [1.54, 1.807) is 41.7 Å². The molecule has 0 aliphatic heterocycles. The molecule has 7 nitrogen and oxygen atoms in total. The maximum absolute atomic E-state index is 12.3. The highest BCUT2D eigenvalue weighted by atomic mass is 19.4. The number of rotatable bonds is 7. The Kier molecular flexibility index (Phi) is 7.29. The molecular weight excluding hydrogens is 441 g/mol. The van der Waals surface area contributed by atoms with Crippen molar-refractivity contribution in [2.24, 2.45) is 0 Å². The summed E-state index contributed by atoms with van der Waals surface area (Å²) >= 11 is 0. The summed E-state index contributed by atoms with van der Waals surface area (Å²) in [6, 6.07) is 20.3. The highest BCUT2D eigenvalue weighted by Gasteiger charge is 2.38. The molecule has 0 saturated heterocycles. The van der Waals surface area contributed by atoms with Crippen LogP contribution in [0.1, 0.15) is 10.4 Å². The van der Waals surface area contributed by atoms with Gasteiger partial charge in [0.15, 0.2) is 6.61 Å². The Bertz CT molecular complexity index is 1120. The van der Waals surface area contributed by atoms with Crippen molar-refractivity contribution in [3.8, 4) is 11.5 Å². The molecule has 0 radical (unpaired) electrons. The van der Waals surface area contributed by atoms with Crippen LogP contribution in [0, 0.1) is 0 Å². The Hall–Kier alpha value is -4.34. The van der Waals surface area contributed by atoms with Gasteiger partial charge in [0.2, 0.25) is 0 Å². The van der Waals surface area contributed by atoms with Gasteiger partial charge in [0.25, 0.3) is 5.91 Å². The number of alkyl halides is 3. The predicted octanol–water partition coefficient (Wildman–Crippen LogP) is 4.78. The molecule has 33 heavy (non-hydrogen) atoms. The van der Waals surface area contributed by atoms with Crippen LogP contribution in [0.15, 0.2) is 78.9 Å². The lowest BCUT2D eigenvalue weighted by Gasteiger charge is -2.09. The largest absolute Gasteiger partial charge is 0.471 e. The van der Waals surface area contributed by atoms with Crippen LogP contribution in [-0.4, -0.2) is 30.6 Å². The maximum atomic E-state index is 12.3. The molecule has 2 amide bonds. The van der Waals surface area contributed by atoms with Gasteiger partial charge < -0.3 is 20.1 Å². The van der Waals surface area contributed by atoms with E-state index < -0.39 is 30.6 Å². The SMILES string of the molecule is O=C(COC(=O)c1ccc(NC(=O)C(F)(F)F)cc1)Nc1ccc(Oc2ccccc2)cc1. The Morgan fingerprint density at radius 3 is 1.88 bits per heavy atom. The van der Waals surface area contributed by atoms with Gasteiger partial charge in [-0.1, -0.05) is 18.2 Å². The van der Waals surface area contributed by atoms with Gasteiger partial charge in [0.1, 0.15) is 11.5 Å². The van der Waals surface area contributed by atoms with E-state index in [-0.39, 0.29) is 11.3 Å². The molecule has 0 atom stereocenters. The van der Waals surface area contributed by atoms with Crippen LogP contribution in [0.25, 0.3) is 0 Å².